The zero-order valence-corrected chi connectivity index (χ0v) is 15.1. The number of nitrogens with zero attached hydrogens (tertiary/aromatic N) is 4. The van der Waals surface area contributed by atoms with E-state index in [1.165, 1.54) is 12.1 Å². The van der Waals surface area contributed by atoms with Gasteiger partial charge in [0.1, 0.15) is 0 Å². The summed E-state index contributed by atoms with van der Waals surface area (Å²) in [6.45, 7) is 4.20. The third kappa shape index (κ3) is 5.35. The molecular formula is C18H21F3N4S. The molecule has 2 heterocycles. The van der Waals surface area contributed by atoms with Crippen LogP contribution in [-0.2, 0) is 6.18 Å². The normalized spacial score (nSPS) is 16.0. The number of rotatable bonds is 6. The maximum Gasteiger partial charge on any atom is 0.416 e. The Morgan fingerprint density at radius 2 is 1.73 bits per heavy atom. The number of benzene rings is 1. The van der Waals surface area contributed by atoms with Gasteiger partial charge >= 0.3 is 6.18 Å². The van der Waals surface area contributed by atoms with Crippen LogP contribution in [0.4, 0.5) is 18.9 Å². The molecule has 0 amide bonds. The number of halogens is 3. The molecule has 3 rings (SSSR count). The Kier molecular flexibility index (Phi) is 6.37. The Morgan fingerprint density at radius 1 is 1.00 bits per heavy atom. The molecular weight excluding hydrogens is 361 g/mol. The molecule has 2 aromatic rings. The van der Waals surface area contributed by atoms with Gasteiger partial charge in [-0.25, -0.2) is 9.97 Å². The molecule has 26 heavy (non-hydrogen) atoms. The first-order chi connectivity index (χ1) is 12.5. The molecule has 1 aliphatic rings. The second-order valence-corrected chi connectivity index (χ2v) is 7.17. The van der Waals surface area contributed by atoms with E-state index in [9.17, 15) is 13.2 Å². The lowest BCUT2D eigenvalue weighted by Gasteiger charge is -2.36. The zero-order chi connectivity index (χ0) is 18.4. The van der Waals surface area contributed by atoms with E-state index >= 15 is 0 Å². The van der Waals surface area contributed by atoms with Gasteiger partial charge in [0.25, 0.3) is 0 Å². The summed E-state index contributed by atoms with van der Waals surface area (Å²) in [6, 6.07) is 7.39. The average molecular weight is 382 g/mol. The molecule has 8 heteroatoms. The van der Waals surface area contributed by atoms with Crippen LogP contribution in [0.5, 0.6) is 0 Å². The van der Waals surface area contributed by atoms with E-state index < -0.39 is 11.7 Å². The fourth-order valence-electron chi connectivity index (χ4n) is 2.92. The zero-order valence-electron chi connectivity index (χ0n) is 14.3. The van der Waals surface area contributed by atoms with Crippen LogP contribution in [0.3, 0.4) is 0 Å². The Morgan fingerprint density at radius 3 is 2.42 bits per heavy atom. The third-order valence-electron chi connectivity index (χ3n) is 4.30. The monoisotopic (exact) mass is 382 g/mol. The summed E-state index contributed by atoms with van der Waals surface area (Å²) in [4.78, 5) is 12.7. The van der Waals surface area contributed by atoms with Gasteiger partial charge in [0.2, 0.25) is 0 Å². The Bertz CT molecular complexity index is 688. The largest absolute Gasteiger partial charge is 0.416 e. The van der Waals surface area contributed by atoms with Gasteiger partial charge in [-0.15, -0.1) is 0 Å². The van der Waals surface area contributed by atoms with Crippen LogP contribution >= 0.6 is 11.8 Å². The van der Waals surface area contributed by atoms with E-state index in [1.807, 2.05) is 4.90 Å². The van der Waals surface area contributed by atoms with Gasteiger partial charge < -0.3 is 4.90 Å². The molecule has 0 saturated carbocycles. The molecule has 1 saturated heterocycles. The fraction of sp³-hybridized carbons (Fsp3) is 0.444. The lowest BCUT2D eigenvalue weighted by molar-refractivity contribution is -0.137. The third-order valence-corrected chi connectivity index (χ3v) is 5.26. The van der Waals surface area contributed by atoms with Crippen molar-refractivity contribution in [3.63, 3.8) is 0 Å². The van der Waals surface area contributed by atoms with E-state index in [4.69, 9.17) is 0 Å². The summed E-state index contributed by atoms with van der Waals surface area (Å²) < 4.78 is 38.6. The summed E-state index contributed by atoms with van der Waals surface area (Å²) in [5, 5.41) is 0.793. The summed E-state index contributed by atoms with van der Waals surface area (Å²) >= 11 is 1.64. The minimum Gasteiger partial charge on any atom is -0.369 e. The van der Waals surface area contributed by atoms with Crippen LogP contribution in [0.25, 0.3) is 0 Å². The highest BCUT2D eigenvalue weighted by Crippen LogP contribution is 2.31. The number of hydrogen-bond donors (Lipinski definition) is 0. The van der Waals surface area contributed by atoms with Gasteiger partial charge in [-0.2, -0.15) is 13.2 Å². The maximum absolute atomic E-state index is 12.9. The van der Waals surface area contributed by atoms with Crippen LogP contribution in [0.2, 0.25) is 0 Å². The van der Waals surface area contributed by atoms with Crippen molar-refractivity contribution in [3.05, 3.63) is 48.3 Å². The molecule has 4 nitrogen and oxygen atoms in total. The first kappa shape index (κ1) is 19.0. The lowest BCUT2D eigenvalue weighted by atomic mass is 10.1. The van der Waals surface area contributed by atoms with Crippen molar-refractivity contribution in [1.29, 1.82) is 0 Å². The van der Waals surface area contributed by atoms with Gasteiger partial charge in [-0.1, -0.05) is 17.8 Å². The van der Waals surface area contributed by atoms with Crippen LogP contribution in [0.15, 0.2) is 47.9 Å². The van der Waals surface area contributed by atoms with Crippen LogP contribution in [0, 0.1) is 0 Å². The Labute approximate surface area is 155 Å². The van der Waals surface area contributed by atoms with Crippen molar-refractivity contribution in [1.82, 2.24) is 14.9 Å². The van der Waals surface area contributed by atoms with Crippen molar-refractivity contribution in [2.75, 3.05) is 43.4 Å². The molecule has 0 radical (unpaired) electrons. The number of alkyl halides is 3. The first-order valence-electron chi connectivity index (χ1n) is 8.57. The molecule has 1 aromatic carbocycles. The SMILES string of the molecule is FC(F)(F)c1cccc(N2CCN(CCCSc3ncccn3)CC2)c1. The number of anilines is 1. The van der Waals surface area contributed by atoms with Gasteiger partial charge in [0.15, 0.2) is 5.16 Å². The number of thioether (sulfide) groups is 1. The molecule has 1 fully saturated rings. The van der Waals surface area contributed by atoms with Crippen molar-refractivity contribution in [3.8, 4) is 0 Å². The minimum absolute atomic E-state index is 0.586. The first-order valence-corrected chi connectivity index (χ1v) is 9.55. The molecule has 0 atom stereocenters. The van der Waals surface area contributed by atoms with Crippen molar-refractivity contribution in [2.24, 2.45) is 0 Å². The minimum atomic E-state index is -4.29. The highest BCUT2D eigenvalue weighted by atomic mass is 32.2. The van der Waals surface area contributed by atoms with Gasteiger partial charge in [-0.05, 0) is 37.2 Å². The smallest absolute Gasteiger partial charge is 0.369 e. The Balaban J connectivity index is 1.42. The quantitative estimate of drug-likeness (QED) is 0.431. The van der Waals surface area contributed by atoms with Crippen molar-refractivity contribution >= 4 is 17.4 Å². The van der Waals surface area contributed by atoms with E-state index in [-0.39, 0.29) is 0 Å². The summed E-state index contributed by atoms with van der Waals surface area (Å²) in [7, 11) is 0. The summed E-state index contributed by atoms with van der Waals surface area (Å²) in [5.41, 5.74) is 0.0637. The Hall–Kier alpha value is -1.80. The second kappa shape index (κ2) is 8.73. The number of piperazine rings is 1. The standard InChI is InChI=1S/C18H21F3N4S/c19-18(20,21)15-4-1-5-16(14-15)25-11-9-24(10-12-25)8-3-13-26-17-22-6-2-7-23-17/h1-2,4-7,14H,3,8-13H2. The highest BCUT2D eigenvalue weighted by molar-refractivity contribution is 7.99. The molecule has 0 bridgehead atoms. The second-order valence-electron chi connectivity index (χ2n) is 6.11. The highest BCUT2D eigenvalue weighted by Gasteiger charge is 2.31. The van der Waals surface area contributed by atoms with Crippen LogP contribution < -0.4 is 4.90 Å². The predicted molar refractivity (Wildman–Crippen MR) is 97.5 cm³/mol. The van der Waals surface area contributed by atoms with Crippen LogP contribution in [-0.4, -0.2) is 53.3 Å². The fourth-order valence-corrected chi connectivity index (χ4v) is 3.65. The molecule has 0 spiro atoms. The summed E-state index contributed by atoms with van der Waals surface area (Å²) in [5.74, 6) is 0.956. The van der Waals surface area contributed by atoms with Gasteiger partial charge in [0.05, 0.1) is 5.56 Å². The number of hydrogen-bond acceptors (Lipinski definition) is 5. The molecule has 0 N–H and O–H groups in total. The van der Waals surface area contributed by atoms with Crippen LogP contribution in [0.1, 0.15) is 12.0 Å². The molecule has 0 unspecified atom stereocenters. The molecule has 140 valence electrons. The molecule has 1 aliphatic heterocycles. The number of aromatic nitrogens is 2. The lowest BCUT2D eigenvalue weighted by Crippen LogP contribution is -2.46. The van der Waals surface area contributed by atoms with Crippen molar-refractivity contribution in [2.45, 2.75) is 17.8 Å². The van der Waals surface area contributed by atoms with Gasteiger partial charge in [-0.3, -0.25) is 4.90 Å². The van der Waals surface area contributed by atoms with Crippen molar-refractivity contribution < 1.29 is 13.2 Å². The van der Waals surface area contributed by atoms with Gasteiger partial charge in [0, 0.05) is 50.0 Å². The maximum atomic E-state index is 12.9. The van der Waals surface area contributed by atoms with E-state index in [0.29, 0.717) is 5.69 Å². The average Bonchev–Trinajstić information content (AvgIpc) is 2.66. The molecule has 0 aliphatic carbocycles. The van der Waals surface area contributed by atoms with E-state index in [0.717, 1.165) is 56.1 Å². The van der Waals surface area contributed by atoms with E-state index in [1.54, 1.807) is 36.3 Å². The summed E-state index contributed by atoms with van der Waals surface area (Å²) in [6.07, 6.45) is 0.217. The molecule has 1 aromatic heterocycles. The van der Waals surface area contributed by atoms with E-state index in [2.05, 4.69) is 14.9 Å². The predicted octanol–water partition coefficient (Wildman–Crippen LogP) is 3.80. The topological polar surface area (TPSA) is 32.3 Å².